The molecular weight excluding hydrogens is 210 g/mol. The maximum atomic E-state index is 10.4. The first kappa shape index (κ1) is 12.6. The van der Waals surface area contributed by atoms with Gasteiger partial charge in [0.25, 0.3) is 0 Å². The molecule has 0 aliphatic carbocycles. The van der Waals surface area contributed by atoms with Crippen molar-refractivity contribution in [1.29, 1.82) is 0 Å². The first-order valence-electron chi connectivity index (χ1n) is 6.60. The molecular formula is C15H23NO. The Hall–Kier alpha value is -0.860. The van der Waals surface area contributed by atoms with Gasteiger partial charge in [0, 0.05) is 12.1 Å². The summed E-state index contributed by atoms with van der Waals surface area (Å²) in [5.41, 5.74) is 2.27. The van der Waals surface area contributed by atoms with Gasteiger partial charge in [-0.15, -0.1) is 0 Å². The van der Waals surface area contributed by atoms with E-state index in [1.54, 1.807) is 0 Å². The molecule has 1 heterocycles. The van der Waals surface area contributed by atoms with Gasteiger partial charge in [-0.05, 0) is 45.7 Å². The predicted molar refractivity (Wildman–Crippen MR) is 71.0 cm³/mol. The topological polar surface area (TPSA) is 23.5 Å². The summed E-state index contributed by atoms with van der Waals surface area (Å²) >= 11 is 0. The molecule has 0 aromatic heterocycles. The number of hydrogen-bond acceptors (Lipinski definition) is 2. The molecule has 0 saturated carbocycles. The van der Waals surface area contributed by atoms with Crippen LogP contribution in [-0.2, 0) is 0 Å². The van der Waals surface area contributed by atoms with Crippen LogP contribution >= 0.6 is 0 Å². The molecule has 1 aliphatic rings. The summed E-state index contributed by atoms with van der Waals surface area (Å²) in [6, 6.07) is 9.02. The summed E-state index contributed by atoms with van der Waals surface area (Å²) < 4.78 is 0. The highest BCUT2D eigenvalue weighted by molar-refractivity contribution is 5.24. The highest BCUT2D eigenvalue weighted by atomic mass is 16.3. The zero-order chi connectivity index (χ0) is 12.4. The average molecular weight is 233 g/mol. The van der Waals surface area contributed by atoms with E-state index in [0.717, 1.165) is 12.1 Å². The standard InChI is InChI=1S/C15H23NO/c1-11-6-8-14(9-7-11)15(17)13(3)16-10-4-5-12(16)2/h6-9,12-13,15,17H,4-5,10H2,1-3H3. The van der Waals surface area contributed by atoms with Gasteiger partial charge >= 0.3 is 0 Å². The highest BCUT2D eigenvalue weighted by Crippen LogP contribution is 2.27. The van der Waals surface area contributed by atoms with E-state index in [-0.39, 0.29) is 12.1 Å². The Morgan fingerprint density at radius 2 is 1.94 bits per heavy atom. The predicted octanol–water partition coefficient (Wildman–Crippen LogP) is 2.90. The quantitative estimate of drug-likeness (QED) is 0.867. The van der Waals surface area contributed by atoms with Crippen molar-refractivity contribution in [2.24, 2.45) is 0 Å². The summed E-state index contributed by atoms with van der Waals surface area (Å²) in [5, 5.41) is 10.4. The lowest BCUT2D eigenvalue weighted by atomic mass is 10.0. The molecule has 1 aromatic carbocycles. The van der Waals surface area contributed by atoms with Crippen LogP contribution in [0, 0.1) is 6.92 Å². The van der Waals surface area contributed by atoms with Gasteiger partial charge in [-0.25, -0.2) is 0 Å². The molecule has 3 atom stereocenters. The third-order valence-corrected chi connectivity index (χ3v) is 4.00. The SMILES string of the molecule is Cc1ccc(C(O)C(C)N2CCCC2C)cc1. The van der Waals surface area contributed by atoms with Gasteiger partial charge in [-0.3, -0.25) is 4.90 Å². The molecule has 17 heavy (non-hydrogen) atoms. The minimum absolute atomic E-state index is 0.204. The number of aryl methyl sites for hydroxylation is 1. The maximum absolute atomic E-state index is 10.4. The third-order valence-electron chi connectivity index (χ3n) is 4.00. The Bertz CT molecular complexity index is 360. The molecule has 2 rings (SSSR count). The van der Waals surface area contributed by atoms with Crippen molar-refractivity contribution in [3.05, 3.63) is 35.4 Å². The Morgan fingerprint density at radius 1 is 1.29 bits per heavy atom. The van der Waals surface area contributed by atoms with Crippen molar-refractivity contribution in [1.82, 2.24) is 4.90 Å². The first-order chi connectivity index (χ1) is 8.09. The van der Waals surface area contributed by atoms with E-state index < -0.39 is 0 Å². The van der Waals surface area contributed by atoms with Crippen molar-refractivity contribution in [2.45, 2.75) is 51.8 Å². The van der Waals surface area contributed by atoms with Crippen LogP contribution in [0.4, 0.5) is 0 Å². The van der Waals surface area contributed by atoms with Crippen LogP contribution in [0.2, 0.25) is 0 Å². The minimum atomic E-state index is -0.379. The van der Waals surface area contributed by atoms with E-state index in [1.807, 2.05) is 12.1 Å². The van der Waals surface area contributed by atoms with Gasteiger partial charge in [0.05, 0.1) is 6.10 Å². The molecule has 94 valence electrons. The van der Waals surface area contributed by atoms with Crippen LogP contribution in [0.1, 0.15) is 43.9 Å². The van der Waals surface area contributed by atoms with E-state index in [1.165, 1.54) is 18.4 Å². The summed E-state index contributed by atoms with van der Waals surface area (Å²) in [6.07, 6.45) is 2.13. The summed E-state index contributed by atoms with van der Waals surface area (Å²) in [7, 11) is 0. The number of hydrogen-bond donors (Lipinski definition) is 1. The van der Waals surface area contributed by atoms with E-state index in [4.69, 9.17) is 0 Å². The molecule has 0 radical (unpaired) electrons. The maximum Gasteiger partial charge on any atom is 0.0942 e. The number of likely N-dealkylation sites (tertiary alicyclic amines) is 1. The monoisotopic (exact) mass is 233 g/mol. The Morgan fingerprint density at radius 3 is 2.47 bits per heavy atom. The Labute approximate surface area is 104 Å². The highest BCUT2D eigenvalue weighted by Gasteiger charge is 2.29. The van der Waals surface area contributed by atoms with E-state index >= 15 is 0 Å². The molecule has 1 fully saturated rings. The zero-order valence-corrected chi connectivity index (χ0v) is 11.1. The van der Waals surface area contributed by atoms with E-state index in [2.05, 4.69) is 37.8 Å². The molecule has 2 nitrogen and oxygen atoms in total. The molecule has 1 aliphatic heterocycles. The summed E-state index contributed by atoms with van der Waals surface area (Å²) in [6.45, 7) is 7.57. The van der Waals surface area contributed by atoms with Crippen LogP contribution in [-0.4, -0.2) is 28.6 Å². The molecule has 2 heteroatoms. The average Bonchev–Trinajstić information content (AvgIpc) is 2.74. The van der Waals surface area contributed by atoms with Crippen LogP contribution < -0.4 is 0 Å². The van der Waals surface area contributed by atoms with Gasteiger partial charge in [-0.1, -0.05) is 29.8 Å². The molecule has 0 bridgehead atoms. The van der Waals surface area contributed by atoms with Crippen molar-refractivity contribution in [3.8, 4) is 0 Å². The lowest BCUT2D eigenvalue weighted by Gasteiger charge is -2.32. The molecule has 0 amide bonds. The number of aliphatic hydroxyl groups excluding tert-OH is 1. The molecule has 3 unspecified atom stereocenters. The van der Waals surface area contributed by atoms with Crippen molar-refractivity contribution in [2.75, 3.05) is 6.54 Å². The van der Waals surface area contributed by atoms with E-state index in [0.29, 0.717) is 6.04 Å². The van der Waals surface area contributed by atoms with Crippen molar-refractivity contribution < 1.29 is 5.11 Å². The Balaban J connectivity index is 2.08. The fraction of sp³-hybridized carbons (Fsp3) is 0.600. The van der Waals surface area contributed by atoms with Crippen LogP contribution in [0.25, 0.3) is 0 Å². The van der Waals surface area contributed by atoms with Crippen LogP contribution in [0.5, 0.6) is 0 Å². The van der Waals surface area contributed by atoms with Crippen LogP contribution in [0.15, 0.2) is 24.3 Å². The molecule has 0 spiro atoms. The number of aliphatic hydroxyl groups is 1. The fourth-order valence-corrected chi connectivity index (χ4v) is 2.78. The lowest BCUT2D eigenvalue weighted by Crippen LogP contribution is -2.39. The largest absolute Gasteiger partial charge is 0.387 e. The van der Waals surface area contributed by atoms with Crippen molar-refractivity contribution >= 4 is 0 Å². The molecule has 1 saturated heterocycles. The summed E-state index contributed by atoms with van der Waals surface area (Å²) in [5.74, 6) is 0. The van der Waals surface area contributed by atoms with E-state index in [9.17, 15) is 5.11 Å². The second-order valence-electron chi connectivity index (χ2n) is 5.33. The second kappa shape index (κ2) is 5.19. The van der Waals surface area contributed by atoms with Gasteiger partial charge in [-0.2, -0.15) is 0 Å². The lowest BCUT2D eigenvalue weighted by molar-refractivity contribution is 0.0542. The van der Waals surface area contributed by atoms with Gasteiger partial charge in [0.2, 0.25) is 0 Å². The third kappa shape index (κ3) is 2.70. The van der Waals surface area contributed by atoms with Crippen LogP contribution in [0.3, 0.4) is 0 Å². The van der Waals surface area contributed by atoms with Gasteiger partial charge < -0.3 is 5.11 Å². The summed E-state index contributed by atoms with van der Waals surface area (Å²) in [4.78, 5) is 2.42. The normalized spacial score (nSPS) is 24.8. The molecule has 1 N–H and O–H groups in total. The first-order valence-corrected chi connectivity index (χ1v) is 6.60. The van der Waals surface area contributed by atoms with Gasteiger partial charge in [0.1, 0.15) is 0 Å². The smallest absolute Gasteiger partial charge is 0.0942 e. The fourth-order valence-electron chi connectivity index (χ4n) is 2.78. The number of nitrogens with zero attached hydrogens (tertiary/aromatic N) is 1. The molecule has 1 aromatic rings. The minimum Gasteiger partial charge on any atom is -0.387 e. The number of benzene rings is 1. The zero-order valence-electron chi connectivity index (χ0n) is 11.1. The van der Waals surface area contributed by atoms with Gasteiger partial charge in [0.15, 0.2) is 0 Å². The second-order valence-corrected chi connectivity index (χ2v) is 5.33. The number of rotatable bonds is 3. The Kier molecular flexibility index (Phi) is 3.85. The van der Waals surface area contributed by atoms with Crippen molar-refractivity contribution in [3.63, 3.8) is 0 Å².